The Morgan fingerprint density at radius 2 is 1.85 bits per heavy atom. The van der Waals surface area contributed by atoms with Crippen LogP contribution in [0.15, 0.2) is 30.3 Å². The zero-order valence-electron chi connectivity index (χ0n) is 12.4. The molecule has 0 aromatic heterocycles. The minimum atomic E-state index is 0.0812. The Bertz CT molecular complexity index is 414. The van der Waals surface area contributed by atoms with E-state index in [4.69, 9.17) is 4.74 Å². The molecular formula is C16H24N2O2. The van der Waals surface area contributed by atoms with Gasteiger partial charge in [0.2, 0.25) is 0 Å². The molecule has 0 unspecified atom stereocenters. The van der Waals surface area contributed by atoms with Gasteiger partial charge in [0.15, 0.2) is 6.61 Å². The van der Waals surface area contributed by atoms with E-state index in [1.165, 1.54) is 0 Å². The lowest BCUT2D eigenvalue weighted by molar-refractivity contribution is -0.135. The van der Waals surface area contributed by atoms with Gasteiger partial charge in [-0.1, -0.05) is 25.1 Å². The van der Waals surface area contributed by atoms with Gasteiger partial charge in [-0.15, -0.1) is 0 Å². The van der Waals surface area contributed by atoms with Crippen molar-refractivity contribution in [3.8, 4) is 5.75 Å². The summed E-state index contributed by atoms with van der Waals surface area (Å²) in [5.74, 6) is 0.830. The van der Waals surface area contributed by atoms with Gasteiger partial charge in [-0.3, -0.25) is 9.69 Å². The van der Waals surface area contributed by atoms with Crippen LogP contribution in [0.4, 0.5) is 0 Å². The third-order valence-corrected chi connectivity index (χ3v) is 3.99. The Kier molecular flexibility index (Phi) is 5.41. The molecule has 1 aliphatic rings. The Morgan fingerprint density at radius 1 is 1.20 bits per heavy atom. The zero-order chi connectivity index (χ0) is 14.4. The summed E-state index contributed by atoms with van der Waals surface area (Å²) in [4.78, 5) is 16.5. The van der Waals surface area contributed by atoms with Crippen LogP contribution in [0.1, 0.15) is 20.3 Å². The standard InChI is InChI=1S/C16H24N2O2/c1-3-14(2)17-9-11-18(12-10-17)16(19)13-20-15-7-5-4-6-8-15/h4-8,14H,3,9-13H2,1-2H3/t14-/m0/s1. The molecule has 1 aromatic carbocycles. The van der Waals surface area contributed by atoms with E-state index < -0.39 is 0 Å². The molecule has 1 atom stereocenters. The van der Waals surface area contributed by atoms with Gasteiger partial charge in [-0.25, -0.2) is 0 Å². The monoisotopic (exact) mass is 276 g/mol. The number of nitrogens with zero attached hydrogens (tertiary/aromatic N) is 2. The summed E-state index contributed by atoms with van der Waals surface area (Å²) >= 11 is 0. The average Bonchev–Trinajstić information content (AvgIpc) is 2.53. The first-order valence-corrected chi connectivity index (χ1v) is 7.40. The highest BCUT2D eigenvalue weighted by atomic mass is 16.5. The molecule has 1 amide bonds. The molecule has 4 heteroatoms. The minimum absolute atomic E-state index is 0.0812. The molecule has 4 nitrogen and oxygen atoms in total. The fourth-order valence-electron chi connectivity index (χ4n) is 2.42. The van der Waals surface area contributed by atoms with E-state index in [0.717, 1.165) is 38.3 Å². The maximum absolute atomic E-state index is 12.1. The Balaban J connectivity index is 1.75. The summed E-state index contributed by atoms with van der Waals surface area (Å²) in [5, 5.41) is 0. The molecule has 0 bridgehead atoms. The van der Waals surface area contributed by atoms with Gasteiger partial charge in [0.25, 0.3) is 5.91 Å². The Morgan fingerprint density at radius 3 is 2.45 bits per heavy atom. The van der Waals surface area contributed by atoms with E-state index in [9.17, 15) is 4.79 Å². The lowest BCUT2D eigenvalue weighted by Gasteiger charge is -2.37. The summed E-state index contributed by atoms with van der Waals surface area (Å²) in [6, 6.07) is 10.1. The van der Waals surface area contributed by atoms with Gasteiger partial charge < -0.3 is 9.64 Å². The topological polar surface area (TPSA) is 32.8 Å². The highest BCUT2D eigenvalue weighted by molar-refractivity contribution is 5.77. The third kappa shape index (κ3) is 3.97. The third-order valence-electron chi connectivity index (χ3n) is 3.99. The number of hydrogen-bond donors (Lipinski definition) is 0. The highest BCUT2D eigenvalue weighted by Gasteiger charge is 2.23. The molecule has 0 saturated carbocycles. The molecule has 0 aliphatic carbocycles. The van der Waals surface area contributed by atoms with Crippen LogP contribution >= 0.6 is 0 Å². The van der Waals surface area contributed by atoms with E-state index >= 15 is 0 Å². The molecular weight excluding hydrogens is 252 g/mol. The number of benzene rings is 1. The van der Waals surface area contributed by atoms with Crippen molar-refractivity contribution in [3.05, 3.63) is 30.3 Å². The fraction of sp³-hybridized carbons (Fsp3) is 0.562. The molecule has 2 rings (SSSR count). The van der Waals surface area contributed by atoms with Crippen LogP contribution in [-0.4, -0.2) is 54.5 Å². The lowest BCUT2D eigenvalue weighted by Crippen LogP contribution is -2.52. The smallest absolute Gasteiger partial charge is 0.260 e. The van der Waals surface area contributed by atoms with Gasteiger partial charge in [0.1, 0.15) is 5.75 Å². The van der Waals surface area contributed by atoms with Crippen molar-refractivity contribution in [2.45, 2.75) is 26.3 Å². The molecule has 0 spiro atoms. The highest BCUT2D eigenvalue weighted by Crippen LogP contribution is 2.11. The molecule has 1 aromatic rings. The van der Waals surface area contributed by atoms with Crippen LogP contribution in [0, 0.1) is 0 Å². The normalized spacial score (nSPS) is 17.8. The number of carbonyl (C=O) groups is 1. The SMILES string of the molecule is CC[C@H](C)N1CCN(C(=O)COc2ccccc2)CC1. The second kappa shape index (κ2) is 7.29. The summed E-state index contributed by atoms with van der Waals surface area (Å²) in [6.07, 6.45) is 1.16. The van der Waals surface area contributed by atoms with E-state index in [1.807, 2.05) is 35.2 Å². The molecule has 0 radical (unpaired) electrons. The van der Waals surface area contributed by atoms with Gasteiger partial charge in [0.05, 0.1) is 0 Å². The fourth-order valence-corrected chi connectivity index (χ4v) is 2.42. The van der Waals surface area contributed by atoms with E-state index in [0.29, 0.717) is 6.04 Å². The van der Waals surface area contributed by atoms with E-state index in [2.05, 4.69) is 18.7 Å². The molecule has 1 saturated heterocycles. The van der Waals surface area contributed by atoms with E-state index in [-0.39, 0.29) is 12.5 Å². The van der Waals surface area contributed by atoms with Crippen LogP contribution in [0.5, 0.6) is 5.75 Å². The average molecular weight is 276 g/mol. The Hall–Kier alpha value is -1.55. The van der Waals surface area contributed by atoms with Crippen LogP contribution in [0.25, 0.3) is 0 Å². The predicted molar refractivity (Wildman–Crippen MR) is 79.8 cm³/mol. The lowest BCUT2D eigenvalue weighted by atomic mass is 10.2. The minimum Gasteiger partial charge on any atom is -0.484 e. The number of amides is 1. The molecule has 1 aliphatic heterocycles. The number of ether oxygens (including phenoxy) is 1. The van der Waals surface area contributed by atoms with Gasteiger partial charge in [-0.05, 0) is 25.5 Å². The van der Waals surface area contributed by atoms with Gasteiger partial charge in [0, 0.05) is 32.2 Å². The maximum Gasteiger partial charge on any atom is 0.260 e. The summed E-state index contributed by atoms with van der Waals surface area (Å²) in [5.41, 5.74) is 0. The molecule has 0 N–H and O–H groups in total. The van der Waals surface area contributed by atoms with Crippen LogP contribution in [0.2, 0.25) is 0 Å². The first-order valence-electron chi connectivity index (χ1n) is 7.40. The second-order valence-electron chi connectivity index (χ2n) is 5.28. The van der Waals surface area contributed by atoms with Crippen molar-refractivity contribution in [3.63, 3.8) is 0 Å². The van der Waals surface area contributed by atoms with Crippen molar-refractivity contribution in [2.24, 2.45) is 0 Å². The van der Waals surface area contributed by atoms with Crippen LogP contribution < -0.4 is 4.74 Å². The summed E-state index contributed by atoms with van der Waals surface area (Å²) < 4.78 is 5.51. The largest absolute Gasteiger partial charge is 0.484 e. The van der Waals surface area contributed by atoms with Crippen LogP contribution in [0.3, 0.4) is 0 Å². The second-order valence-corrected chi connectivity index (χ2v) is 5.28. The maximum atomic E-state index is 12.1. The van der Waals surface area contributed by atoms with E-state index in [1.54, 1.807) is 0 Å². The predicted octanol–water partition coefficient (Wildman–Crippen LogP) is 2.01. The molecule has 1 fully saturated rings. The molecule has 20 heavy (non-hydrogen) atoms. The quantitative estimate of drug-likeness (QED) is 0.824. The van der Waals surface area contributed by atoms with Crippen molar-refractivity contribution in [1.29, 1.82) is 0 Å². The summed E-state index contributed by atoms with van der Waals surface area (Å²) in [7, 11) is 0. The van der Waals surface area contributed by atoms with Crippen molar-refractivity contribution in [2.75, 3.05) is 32.8 Å². The number of rotatable bonds is 5. The molecule has 1 heterocycles. The van der Waals surface area contributed by atoms with Gasteiger partial charge in [-0.2, -0.15) is 0 Å². The molecule has 110 valence electrons. The number of para-hydroxylation sites is 1. The van der Waals surface area contributed by atoms with Crippen molar-refractivity contribution < 1.29 is 9.53 Å². The van der Waals surface area contributed by atoms with Crippen molar-refractivity contribution >= 4 is 5.91 Å². The van der Waals surface area contributed by atoms with Crippen molar-refractivity contribution in [1.82, 2.24) is 9.80 Å². The van der Waals surface area contributed by atoms with Gasteiger partial charge >= 0.3 is 0 Å². The first kappa shape index (κ1) is 14.9. The number of carbonyl (C=O) groups excluding carboxylic acids is 1. The first-order chi connectivity index (χ1) is 9.70. The number of piperazine rings is 1. The Labute approximate surface area is 121 Å². The number of hydrogen-bond acceptors (Lipinski definition) is 3. The summed E-state index contributed by atoms with van der Waals surface area (Å²) in [6.45, 7) is 8.13. The zero-order valence-corrected chi connectivity index (χ0v) is 12.4. The van der Waals surface area contributed by atoms with Crippen LogP contribution in [-0.2, 0) is 4.79 Å².